The average molecular weight is 275 g/mol. The van der Waals surface area contributed by atoms with Crippen molar-refractivity contribution in [3.8, 4) is 0 Å². The summed E-state index contributed by atoms with van der Waals surface area (Å²) in [5.74, 6) is 0. The Morgan fingerprint density at radius 1 is 1.05 bits per heavy atom. The van der Waals surface area contributed by atoms with E-state index in [4.69, 9.17) is 0 Å². The molecule has 0 unspecified atom stereocenters. The van der Waals surface area contributed by atoms with Crippen molar-refractivity contribution in [3.63, 3.8) is 0 Å². The molecule has 2 N–H and O–H groups in total. The van der Waals surface area contributed by atoms with E-state index in [2.05, 4.69) is 50.4 Å². The minimum absolute atomic E-state index is 0.0407. The van der Waals surface area contributed by atoms with Crippen LogP contribution in [0.2, 0.25) is 0 Å². The van der Waals surface area contributed by atoms with E-state index in [1.165, 1.54) is 30.4 Å². The lowest BCUT2D eigenvalue weighted by molar-refractivity contribution is 0.119. The van der Waals surface area contributed by atoms with Gasteiger partial charge in [-0.25, -0.2) is 0 Å². The summed E-state index contributed by atoms with van der Waals surface area (Å²) in [6, 6.07) is 8.87. The van der Waals surface area contributed by atoms with E-state index in [1.807, 2.05) is 0 Å². The Balaban J connectivity index is 1.96. The second-order valence-electron chi connectivity index (χ2n) is 7.30. The van der Waals surface area contributed by atoms with Crippen molar-refractivity contribution < 1.29 is 5.11 Å². The molecular formula is C18H29NO. The zero-order chi connectivity index (χ0) is 14.6. The summed E-state index contributed by atoms with van der Waals surface area (Å²) in [5, 5.41) is 13.3. The predicted octanol–water partition coefficient (Wildman–Crippen LogP) is 3.77. The van der Waals surface area contributed by atoms with Gasteiger partial charge in [0.1, 0.15) is 0 Å². The number of benzene rings is 1. The second kappa shape index (κ2) is 6.28. The minimum Gasteiger partial charge on any atom is -0.394 e. The number of nitrogens with one attached hydrogen (secondary N) is 1. The van der Waals surface area contributed by atoms with Gasteiger partial charge in [-0.05, 0) is 29.4 Å². The SMILES string of the molecule is CC(C)(C)c1ccc(CNC2(CO)CCCCC2)cc1. The summed E-state index contributed by atoms with van der Waals surface area (Å²) in [4.78, 5) is 0. The van der Waals surface area contributed by atoms with E-state index in [0.717, 1.165) is 19.4 Å². The van der Waals surface area contributed by atoms with Gasteiger partial charge in [-0.15, -0.1) is 0 Å². The van der Waals surface area contributed by atoms with Gasteiger partial charge in [0, 0.05) is 12.1 Å². The van der Waals surface area contributed by atoms with E-state index < -0.39 is 0 Å². The van der Waals surface area contributed by atoms with Gasteiger partial charge in [0.25, 0.3) is 0 Å². The zero-order valence-corrected chi connectivity index (χ0v) is 13.2. The van der Waals surface area contributed by atoms with Crippen molar-refractivity contribution in [1.82, 2.24) is 5.32 Å². The molecule has 1 aliphatic carbocycles. The predicted molar refractivity (Wildman–Crippen MR) is 84.9 cm³/mol. The Bertz CT molecular complexity index is 410. The molecule has 2 rings (SSSR count). The molecule has 0 atom stereocenters. The van der Waals surface area contributed by atoms with Gasteiger partial charge in [-0.3, -0.25) is 0 Å². The monoisotopic (exact) mass is 275 g/mol. The number of hydrogen-bond donors (Lipinski definition) is 2. The average Bonchev–Trinajstić information content (AvgIpc) is 2.46. The maximum absolute atomic E-state index is 9.71. The molecule has 0 radical (unpaired) electrons. The number of rotatable bonds is 4. The molecule has 2 heteroatoms. The van der Waals surface area contributed by atoms with Crippen LogP contribution < -0.4 is 5.32 Å². The van der Waals surface area contributed by atoms with Crippen molar-refractivity contribution in [2.45, 2.75) is 70.4 Å². The summed E-state index contributed by atoms with van der Waals surface area (Å²) < 4.78 is 0. The van der Waals surface area contributed by atoms with Gasteiger partial charge < -0.3 is 10.4 Å². The van der Waals surface area contributed by atoms with Crippen LogP contribution in [0, 0.1) is 0 Å². The zero-order valence-electron chi connectivity index (χ0n) is 13.2. The standard InChI is InChI=1S/C18H29NO/c1-17(2,3)16-9-7-15(8-10-16)13-19-18(14-20)11-5-4-6-12-18/h7-10,19-20H,4-6,11-14H2,1-3H3. The van der Waals surface area contributed by atoms with Crippen molar-refractivity contribution in [2.75, 3.05) is 6.61 Å². The fourth-order valence-electron chi connectivity index (χ4n) is 3.03. The molecule has 1 saturated carbocycles. The summed E-state index contributed by atoms with van der Waals surface area (Å²) in [6.07, 6.45) is 5.98. The first-order valence-electron chi connectivity index (χ1n) is 7.91. The first-order valence-corrected chi connectivity index (χ1v) is 7.91. The summed E-state index contributed by atoms with van der Waals surface area (Å²) in [7, 11) is 0. The molecule has 0 aromatic heterocycles. The second-order valence-corrected chi connectivity index (χ2v) is 7.30. The van der Waals surface area contributed by atoms with E-state index in [-0.39, 0.29) is 17.6 Å². The smallest absolute Gasteiger partial charge is 0.0613 e. The summed E-state index contributed by atoms with van der Waals surface area (Å²) in [5.41, 5.74) is 2.84. The molecule has 1 fully saturated rings. The number of aliphatic hydroxyl groups is 1. The van der Waals surface area contributed by atoms with Crippen LogP contribution in [0.5, 0.6) is 0 Å². The van der Waals surface area contributed by atoms with Gasteiger partial charge in [0.05, 0.1) is 6.61 Å². The van der Waals surface area contributed by atoms with Gasteiger partial charge in [0.2, 0.25) is 0 Å². The highest BCUT2D eigenvalue weighted by Crippen LogP contribution is 2.28. The van der Waals surface area contributed by atoms with Gasteiger partial charge in [-0.2, -0.15) is 0 Å². The molecule has 1 aliphatic rings. The molecule has 0 heterocycles. The molecule has 1 aromatic carbocycles. The lowest BCUT2D eigenvalue weighted by atomic mass is 9.82. The van der Waals surface area contributed by atoms with Gasteiger partial charge in [-0.1, -0.05) is 64.3 Å². The topological polar surface area (TPSA) is 32.3 Å². The molecule has 20 heavy (non-hydrogen) atoms. The van der Waals surface area contributed by atoms with E-state index in [1.54, 1.807) is 0 Å². The Morgan fingerprint density at radius 3 is 2.15 bits per heavy atom. The molecule has 2 nitrogen and oxygen atoms in total. The third-order valence-corrected chi connectivity index (χ3v) is 4.60. The largest absolute Gasteiger partial charge is 0.394 e. The molecule has 0 bridgehead atoms. The van der Waals surface area contributed by atoms with Crippen LogP contribution in [0.15, 0.2) is 24.3 Å². The molecule has 112 valence electrons. The first-order chi connectivity index (χ1) is 9.45. The Labute approximate surface area is 123 Å². The molecule has 0 amide bonds. The molecule has 0 saturated heterocycles. The van der Waals surface area contributed by atoms with E-state index in [0.29, 0.717) is 0 Å². The van der Waals surface area contributed by atoms with Crippen LogP contribution in [0.3, 0.4) is 0 Å². The quantitative estimate of drug-likeness (QED) is 0.876. The van der Waals surface area contributed by atoms with Crippen LogP contribution >= 0.6 is 0 Å². The highest BCUT2D eigenvalue weighted by Gasteiger charge is 2.30. The van der Waals surface area contributed by atoms with Crippen molar-refractivity contribution in [2.24, 2.45) is 0 Å². The van der Waals surface area contributed by atoms with Crippen LogP contribution in [0.1, 0.15) is 64.0 Å². The maximum atomic E-state index is 9.71. The van der Waals surface area contributed by atoms with Gasteiger partial charge in [0.15, 0.2) is 0 Å². The van der Waals surface area contributed by atoms with Crippen LogP contribution in [0.25, 0.3) is 0 Å². The number of aliphatic hydroxyl groups excluding tert-OH is 1. The lowest BCUT2D eigenvalue weighted by Gasteiger charge is -2.36. The van der Waals surface area contributed by atoms with E-state index >= 15 is 0 Å². The fraction of sp³-hybridized carbons (Fsp3) is 0.667. The minimum atomic E-state index is -0.0407. The molecule has 1 aromatic rings. The molecular weight excluding hydrogens is 246 g/mol. The van der Waals surface area contributed by atoms with Crippen LogP contribution in [0.4, 0.5) is 0 Å². The van der Waals surface area contributed by atoms with Crippen LogP contribution in [-0.4, -0.2) is 17.3 Å². The first kappa shape index (κ1) is 15.5. The third kappa shape index (κ3) is 3.83. The van der Waals surface area contributed by atoms with Crippen molar-refractivity contribution >= 4 is 0 Å². The normalized spacial score (nSPS) is 19.0. The Hall–Kier alpha value is -0.860. The molecule has 0 spiro atoms. The highest BCUT2D eigenvalue weighted by atomic mass is 16.3. The Kier molecular flexibility index (Phi) is 4.87. The van der Waals surface area contributed by atoms with Crippen molar-refractivity contribution in [3.05, 3.63) is 35.4 Å². The van der Waals surface area contributed by atoms with Crippen LogP contribution in [-0.2, 0) is 12.0 Å². The highest BCUT2D eigenvalue weighted by molar-refractivity contribution is 5.27. The summed E-state index contributed by atoms with van der Waals surface area (Å²) in [6.45, 7) is 7.83. The Morgan fingerprint density at radius 2 is 1.65 bits per heavy atom. The van der Waals surface area contributed by atoms with Gasteiger partial charge >= 0.3 is 0 Å². The van der Waals surface area contributed by atoms with Crippen molar-refractivity contribution in [1.29, 1.82) is 0 Å². The maximum Gasteiger partial charge on any atom is 0.0613 e. The lowest BCUT2D eigenvalue weighted by Crippen LogP contribution is -2.49. The molecule has 0 aliphatic heterocycles. The number of hydrogen-bond acceptors (Lipinski definition) is 2. The van der Waals surface area contributed by atoms with E-state index in [9.17, 15) is 5.11 Å². The third-order valence-electron chi connectivity index (χ3n) is 4.60. The summed E-state index contributed by atoms with van der Waals surface area (Å²) >= 11 is 0. The fourth-order valence-corrected chi connectivity index (χ4v) is 3.03.